The first-order valence-corrected chi connectivity index (χ1v) is 6.39. The number of amides is 1. The molecule has 5 nitrogen and oxygen atoms in total. The number of carbonyl (C=O) groups is 1. The predicted molar refractivity (Wildman–Crippen MR) is 65.8 cm³/mol. The lowest BCUT2D eigenvalue weighted by molar-refractivity contribution is -0.130. The van der Waals surface area contributed by atoms with E-state index >= 15 is 0 Å². The Labute approximate surface area is 103 Å². The lowest BCUT2D eigenvalue weighted by Gasteiger charge is -2.36. The summed E-state index contributed by atoms with van der Waals surface area (Å²) in [6.07, 6.45) is 1.52. The summed E-state index contributed by atoms with van der Waals surface area (Å²) in [6, 6.07) is 0. The van der Waals surface area contributed by atoms with Crippen LogP contribution in [0.1, 0.15) is 26.7 Å². The van der Waals surface area contributed by atoms with E-state index in [2.05, 4.69) is 5.32 Å². The highest BCUT2D eigenvalue weighted by Crippen LogP contribution is 2.19. The fourth-order valence-electron chi connectivity index (χ4n) is 2.10. The highest BCUT2D eigenvalue weighted by atomic mass is 16.5. The zero-order chi connectivity index (χ0) is 12.7. The topological polar surface area (TPSA) is 61.8 Å². The smallest absolute Gasteiger partial charge is 0.236 e. The third-order valence-electron chi connectivity index (χ3n) is 3.48. The second kappa shape index (κ2) is 6.93. The largest absolute Gasteiger partial charge is 0.394 e. The molecule has 0 unspecified atom stereocenters. The van der Waals surface area contributed by atoms with E-state index in [1.54, 1.807) is 4.90 Å². The highest BCUT2D eigenvalue weighted by Gasteiger charge is 2.32. The minimum atomic E-state index is -0.332. The molecule has 1 aliphatic heterocycles. The van der Waals surface area contributed by atoms with Gasteiger partial charge in [-0.3, -0.25) is 4.79 Å². The quantitative estimate of drug-likeness (QED) is 0.689. The molecule has 17 heavy (non-hydrogen) atoms. The van der Waals surface area contributed by atoms with Crippen molar-refractivity contribution >= 4 is 5.91 Å². The summed E-state index contributed by atoms with van der Waals surface area (Å²) in [5, 5.41) is 12.7. The van der Waals surface area contributed by atoms with E-state index in [4.69, 9.17) is 4.74 Å². The molecule has 0 aromatic heterocycles. The Hall–Kier alpha value is -0.650. The predicted octanol–water partition coefficient (Wildman–Crippen LogP) is -0.0141. The first-order valence-electron chi connectivity index (χ1n) is 6.39. The van der Waals surface area contributed by atoms with E-state index in [9.17, 15) is 9.90 Å². The monoisotopic (exact) mass is 244 g/mol. The van der Waals surface area contributed by atoms with Crippen LogP contribution < -0.4 is 5.32 Å². The lowest BCUT2D eigenvalue weighted by atomic mass is 9.91. The van der Waals surface area contributed by atoms with Gasteiger partial charge in [0.2, 0.25) is 5.91 Å². The molecule has 1 heterocycles. The number of nitrogens with one attached hydrogen (secondary N) is 1. The molecule has 0 radical (unpaired) electrons. The van der Waals surface area contributed by atoms with Gasteiger partial charge < -0.3 is 20.1 Å². The van der Waals surface area contributed by atoms with Crippen molar-refractivity contribution in [2.45, 2.75) is 32.2 Å². The minimum Gasteiger partial charge on any atom is -0.394 e. The van der Waals surface area contributed by atoms with E-state index in [0.717, 1.165) is 25.9 Å². The van der Waals surface area contributed by atoms with Crippen molar-refractivity contribution in [1.29, 1.82) is 0 Å². The Kier molecular flexibility index (Phi) is 5.88. The molecular formula is C12H24N2O3. The molecule has 2 N–H and O–H groups in total. The number of likely N-dealkylation sites (N-methyl/N-ethyl adjacent to an activating group) is 1. The van der Waals surface area contributed by atoms with Crippen LogP contribution in [0.2, 0.25) is 0 Å². The van der Waals surface area contributed by atoms with Gasteiger partial charge in [-0.1, -0.05) is 0 Å². The number of rotatable bonds is 6. The van der Waals surface area contributed by atoms with Crippen molar-refractivity contribution in [1.82, 2.24) is 10.2 Å². The molecule has 1 rings (SSSR count). The Morgan fingerprint density at radius 1 is 1.35 bits per heavy atom. The van der Waals surface area contributed by atoms with Gasteiger partial charge in [0.1, 0.15) is 0 Å². The molecule has 0 aromatic carbocycles. The fraction of sp³-hybridized carbons (Fsp3) is 0.917. The maximum atomic E-state index is 11.9. The van der Waals surface area contributed by atoms with Crippen LogP contribution in [-0.2, 0) is 9.53 Å². The average Bonchev–Trinajstić information content (AvgIpc) is 2.39. The minimum absolute atomic E-state index is 0.0574. The summed E-state index contributed by atoms with van der Waals surface area (Å²) >= 11 is 0. The molecular weight excluding hydrogens is 220 g/mol. The van der Waals surface area contributed by atoms with Gasteiger partial charge in [-0.2, -0.15) is 0 Å². The molecule has 100 valence electrons. The van der Waals surface area contributed by atoms with Gasteiger partial charge in [-0.15, -0.1) is 0 Å². The summed E-state index contributed by atoms with van der Waals surface area (Å²) in [6.45, 7) is 7.04. The van der Waals surface area contributed by atoms with Crippen molar-refractivity contribution in [3.63, 3.8) is 0 Å². The van der Waals surface area contributed by atoms with E-state index in [0.29, 0.717) is 19.8 Å². The molecule has 0 aliphatic carbocycles. The molecule has 1 saturated heterocycles. The molecule has 1 fully saturated rings. The van der Waals surface area contributed by atoms with Crippen LogP contribution >= 0.6 is 0 Å². The van der Waals surface area contributed by atoms with Gasteiger partial charge in [0, 0.05) is 31.8 Å². The molecule has 0 bridgehead atoms. The Morgan fingerprint density at radius 2 is 1.94 bits per heavy atom. The zero-order valence-corrected chi connectivity index (χ0v) is 10.9. The van der Waals surface area contributed by atoms with E-state index < -0.39 is 0 Å². The lowest BCUT2D eigenvalue weighted by Crippen LogP contribution is -2.55. The SMILES string of the molecule is CCN(CC)C(=O)CNC1(CO)CCOCC1. The van der Waals surface area contributed by atoms with Gasteiger partial charge >= 0.3 is 0 Å². The summed E-state index contributed by atoms with van der Waals surface area (Å²) in [5.74, 6) is 0.0920. The van der Waals surface area contributed by atoms with Gasteiger partial charge in [-0.05, 0) is 26.7 Å². The number of hydrogen-bond acceptors (Lipinski definition) is 4. The third kappa shape index (κ3) is 3.94. The number of hydrogen-bond donors (Lipinski definition) is 2. The van der Waals surface area contributed by atoms with Gasteiger partial charge in [0.05, 0.1) is 13.2 Å². The first-order chi connectivity index (χ1) is 8.17. The molecule has 0 atom stereocenters. The average molecular weight is 244 g/mol. The number of ether oxygens (including phenoxy) is 1. The van der Waals surface area contributed by atoms with E-state index in [-0.39, 0.29) is 18.1 Å². The van der Waals surface area contributed by atoms with Crippen molar-refractivity contribution < 1.29 is 14.6 Å². The standard InChI is InChI=1S/C12H24N2O3/c1-3-14(4-2)11(16)9-13-12(10-15)5-7-17-8-6-12/h13,15H,3-10H2,1-2H3. The van der Waals surface area contributed by atoms with Crippen LogP contribution in [0.25, 0.3) is 0 Å². The summed E-state index contributed by atoms with van der Waals surface area (Å²) in [7, 11) is 0. The molecule has 1 aliphatic rings. The van der Waals surface area contributed by atoms with Crippen LogP contribution in [0.4, 0.5) is 0 Å². The summed E-state index contributed by atoms with van der Waals surface area (Å²) in [5.41, 5.74) is -0.332. The molecule has 0 aromatic rings. The van der Waals surface area contributed by atoms with E-state index in [1.807, 2.05) is 13.8 Å². The van der Waals surface area contributed by atoms with E-state index in [1.165, 1.54) is 0 Å². The van der Waals surface area contributed by atoms with Crippen molar-refractivity contribution in [3.05, 3.63) is 0 Å². The second-order valence-corrected chi connectivity index (χ2v) is 4.47. The number of carbonyl (C=O) groups excluding carboxylic acids is 1. The van der Waals surface area contributed by atoms with Crippen molar-refractivity contribution in [3.8, 4) is 0 Å². The second-order valence-electron chi connectivity index (χ2n) is 4.47. The molecule has 5 heteroatoms. The fourth-order valence-corrected chi connectivity index (χ4v) is 2.10. The van der Waals surface area contributed by atoms with Crippen molar-refractivity contribution in [2.24, 2.45) is 0 Å². The molecule has 1 amide bonds. The molecule has 0 spiro atoms. The number of nitrogens with zero attached hydrogens (tertiary/aromatic N) is 1. The van der Waals surface area contributed by atoms with Gasteiger partial charge in [0.15, 0.2) is 0 Å². The van der Waals surface area contributed by atoms with Crippen LogP contribution in [0.3, 0.4) is 0 Å². The maximum absolute atomic E-state index is 11.9. The van der Waals surface area contributed by atoms with Crippen LogP contribution in [0.15, 0.2) is 0 Å². The zero-order valence-electron chi connectivity index (χ0n) is 10.9. The maximum Gasteiger partial charge on any atom is 0.236 e. The number of aliphatic hydroxyl groups excluding tert-OH is 1. The Bertz CT molecular complexity index is 236. The first kappa shape index (κ1) is 14.4. The summed E-state index contributed by atoms with van der Waals surface area (Å²) < 4.78 is 5.28. The highest BCUT2D eigenvalue weighted by molar-refractivity contribution is 5.78. The van der Waals surface area contributed by atoms with Crippen molar-refractivity contribution in [2.75, 3.05) is 39.5 Å². The normalized spacial score (nSPS) is 19.0. The summed E-state index contributed by atoms with van der Waals surface area (Å²) in [4.78, 5) is 13.6. The van der Waals surface area contributed by atoms with Crippen LogP contribution in [0, 0.1) is 0 Å². The molecule has 0 saturated carbocycles. The van der Waals surface area contributed by atoms with Gasteiger partial charge in [0.25, 0.3) is 0 Å². The van der Waals surface area contributed by atoms with Crippen LogP contribution in [0.5, 0.6) is 0 Å². The van der Waals surface area contributed by atoms with Gasteiger partial charge in [-0.25, -0.2) is 0 Å². The third-order valence-corrected chi connectivity index (χ3v) is 3.48. The number of aliphatic hydroxyl groups is 1. The van der Waals surface area contributed by atoms with Crippen LogP contribution in [-0.4, -0.2) is 60.9 Å². The Balaban J connectivity index is 2.44. The Morgan fingerprint density at radius 3 is 2.41 bits per heavy atom.